The van der Waals surface area contributed by atoms with Crippen LogP contribution in [0.1, 0.15) is 32.3 Å². The van der Waals surface area contributed by atoms with E-state index in [0.29, 0.717) is 0 Å². The summed E-state index contributed by atoms with van der Waals surface area (Å²) in [5, 5.41) is 0. The van der Waals surface area contributed by atoms with Gasteiger partial charge in [0.1, 0.15) is 15.7 Å². The molecule has 0 heterocycles. The second-order valence-corrected chi connectivity index (χ2v) is 5.18. The fourth-order valence-electron chi connectivity index (χ4n) is 2.26. The van der Waals surface area contributed by atoms with Crippen LogP contribution < -0.4 is 5.46 Å². The minimum atomic E-state index is 0.0465. The second kappa shape index (κ2) is 4.60. The van der Waals surface area contributed by atoms with Crippen LogP contribution in [-0.4, -0.2) is 15.7 Å². The molecule has 0 amide bonds. The van der Waals surface area contributed by atoms with Gasteiger partial charge < -0.3 is 0 Å². The maximum Gasteiger partial charge on any atom is 0.113 e. The van der Waals surface area contributed by atoms with Crippen molar-refractivity contribution in [3.63, 3.8) is 0 Å². The SMILES string of the molecule is [B]C1=CC=C(C(C)(C)c2ccc([B])cc2)CC1. The maximum atomic E-state index is 5.80. The molecule has 0 spiro atoms. The molecule has 0 atom stereocenters. The predicted molar refractivity (Wildman–Crippen MR) is 76.0 cm³/mol. The Balaban J connectivity index is 2.33. The van der Waals surface area contributed by atoms with Crippen LogP contribution in [-0.2, 0) is 5.41 Å². The summed E-state index contributed by atoms with van der Waals surface area (Å²) < 4.78 is 0. The van der Waals surface area contributed by atoms with Crippen LogP contribution in [0.25, 0.3) is 0 Å². The molecule has 1 aromatic rings. The minimum absolute atomic E-state index is 0.0465. The highest BCUT2D eigenvalue weighted by molar-refractivity contribution is 6.32. The fraction of sp³-hybridized carbons (Fsp3) is 0.333. The molecule has 0 saturated carbocycles. The average molecular weight is 218 g/mol. The highest BCUT2D eigenvalue weighted by Gasteiger charge is 2.25. The van der Waals surface area contributed by atoms with E-state index in [4.69, 9.17) is 15.7 Å². The highest BCUT2D eigenvalue weighted by Crippen LogP contribution is 2.36. The van der Waals surface area contributed by atoms with E-state index in [0.717, 1.165) is 23.8 Å². The van der Waals surface area contributed by atoms with Crippen molar-refractivity contribution < 1.29 is 0 Å². The van der Waals surface area contributed by atoms with Gasteiger partial charge in [-0.25, -0.2) is 0 Å². The molecule has 1 aliphatic carbocycles. The maximum absolute atomic E-state index is 5.80. The van der Waals surface area contributed by atoms with Crippen LogP contribution in [0.4, 0.5) is 0 Å². The first-order chi connectivity index (χ1) is 8.00. The first-order valence-corrected chi connectivity index (χ1v) is 6.02. The second-order valence-electron chi connectivity index (χ2n) is 5.18. The van der Waals surface area contributed by atoms with Crippen molar-refractivity contribution in [2.75, 3.05) is 0 Å². The van der Waals surface area contributed by atoms with Gasteiger partial charge in [0.25, 0.3) is 0 Å². The molecule has 82 valence electrons. The van der Waals surface area contributed by atoms with Gasteiger partial charge in [0.2, 0.25) is 0 Å². The Morgan fingerprint density at radius 2 is 1.59 bits per heavy atom. The number of rotatable bonds is 2. The largest absolute Gasteiger partial charge is 0.117 e. The molecule has 0 bridgehead atoms. The highest BCUT2D eigenvalue weighted by atomic mass is 14.3. The van der Waals surface area contributed by atoms with E-state index in [1.807, 2.05) is 18.2 Å². The number of hydrogen-bond donors (Lipinski definition) is 0. The number of benzene rings is 1. The van der Waals surface area contributed by atoms with E-state index in [9.17, 15) is 0 Å². The van der Waals surface area contributed by atoms with Crippen molar-refractivity contribution >= 4 is 21.2 Å². The van der Waals surface area contributed by atoms with Crippen LogP contribution in [0.15, 0.2) is 47.5 Å². The molecule has 4 radical (unpaired) electrons. The van der Waals surface area contributed by atoms with Gasteiger partial charge >= 0.3 is 0 Å². The summed E-state index contributed by atoms with van der Waals surface area (Å²) >= 11 is 0. The molecule has 0 saturated heterocycles. The third-order valence-corrected chi connectivity index (χ3v) is 3.62. The summed E-state index contributed by atoms with van der Waals surface area (Å²) in [6, 6.07) is 8.14. The molecule has 1 aliphatic rings. The topological polar surface area (TPSA) is 0 Å². The van der Waals surface area contributed by atoms with Crippen LogP contribution in [0, 0.1) is 0 Å². The van der Waals surface area contributed by atoms with E-state index in [1.54, 1.807) is 0 Å². The third kappa shape index (κ3) is 2.57. The molecule has 0 unspecified atom stereocenters. The zero-order valence-corrected chi connectivity index (χ0v) is 10.5. The molecule has 2 heteroatoms. The van der Waals surface area contributed by atoms with Crippen molar-refractivity contribution in [3.05, 3.63) is 53.0 Å². The molecule has 0 nitrogen and oxygen atoms in total. The van der Waals surface area contributed by atoms with E-state index in [1.165, 1.54) is 11.1 Å². The Morgan fingerprint density at radius 1 is 0.941 bits per heavy atom. The van der Waals surface area contributed by atoms with Crippen LogP contribution >= 0.6 is 0 Å². The van der Waals surface area contributed by atoms with Crippen molar-refractivity contribution in [3.8, 4) is 0 Å². The molecular formula is C15H16B2. The molecule has 0 fully saturated rings. The van der Waals surface area contributed by atoms with Gasteiger partial charge in [-0.3, -0.25) is 0 Å². The Morgan fingerprint density at radius 3 is 2.12 bits per heavy atom. The Hall–Kier alpha value is -1.17. The lowest BCUT2D eigenvalue weighted by Crippen LogP contribution is -2.22. The molecule has 0 aliphatic heterocycles. The normalized spacial score (nSPS) is 16.4. The van der Waals surface area contributed by atoms with Crippen LogP contribution in [0.3, 0.4) is 0 Å². The first-order valence-electron chi connectivity index (χ1n) is 6.02. The number of hydrogen-bond acceptors (Lipinski definition) is 0. The summed E-state index contributed by atoms with van der Waals surface area (Å²) in [4.78, 5) is 0. The monoisotopic (exact) mass is 218 g/mol. The van der Waals surface area contributed by atoms with E-state index in [2.05, 4.69) is 32.1 Å². The molecule has 0 aromatic heterocycles. The van der Waals surface area contributed by atoms with Crippen LogP contribution in [0.5, 0.6) is 0 Å². The molecule has 1 aromatic carbocycles. The number of allylic oxidation sites excluding steroid dienone is 4. The lowest BCUT2D eigenvalue weighted by molar-refractivity contribution is 0.589. The van der Waals surface area contributed by atoms with Gasteiger partial charge in [0.15, 0.2) is 0 Å². The standard InChI is InChI=1S/C15H16B2/c1-15(2,11-3-7-13(16)8-4-11)12-5-9-14(17)10-6-12/h3-5,7-9H,6,10H2,1-2H3. The summed E-state index contributed by atoms with van der Waals surface area (Å²) in [6.07, 6.45) is 6.19. The van der Waals surface area contributed by atoms with Crippen molar-refractivity contribution in [1.82, 2.24) is 0 Å². The van der Waals surface area contributed by atoms with Crippen molar-refractivity contribution in [2.24, 2.45) is 0 Å². The predicted octanol–water partition coefficient (Wildman–Crippen LogP) is 2.53. The quantitative estimate of drug-likeness (QED) is 0.669. The first kappa shape index (κ1) is 12.3. The van der Waals surface area contributed by atoms with Gasteiger partial charge in [-0.2, -0.15) is 0 Å². The van der Waals surface area contributed by atoms with Gasteiger partial charge in [-0.05, 0) is 18.4 Å². The van der Waals surface area contributed by atoms with E-state index >= 15 is 0 Å². The Bertz CT molecular complexity index is 464. The minimum Gasteiger partial charge on any atom is -0.117 e. The lowest BCUT2D eigenvalue weighted by atomic mass is 9.72. The van der Waals surface area contributed by atoms with Gasteiger partial charge in [0, 0.05) is 5.41 Å². The molecule has 0 N–H and O–H groups in total. The summed E-state index contributed by atoms with van der Waals surface area (Å²) in [5.41, 5.74) is 4.56. The Kier molecular flexibility index (Phi) is 3.33. The van der Waals surface area contributed by atoms with E-state index < -0.39 is 0 Å². The summed E-state index contributed by atoms with van der Waals surface area (Å²) in [7, 11) is 11.5. The zero-order chi connectivity index (χ0) is 12.5. The summed E-state index contributed by atoms with van der Waals surface area (Å²) in [5.74, 6) is 0. The Labute approximate surface area is 107 Å². The van der Waals surface area contributed by atoms with Gasteiger partial charge in [-0.1, -0.05) is 61.3 Å². The zero-order valence-electron chi connectivity index (χ0n) is 10.5. The van der Waals surface area contributed by atoms with Gasteiger partial charge in [-0.15, -0.1) is 5.47 Å². The van der Waals surface area contributed by atoms with E-state index in [-0.39, 0.29) is 5.41 Å². The van der Waals surface area contributed by atoms with Gasteiger partial charge in [0.05, 0.1) is 0 Å². The summed E-state index contributed by atoms with van der Waals surface area (Å²) in [6.45, 7) is 4.50. The molecule has 17 heavy (non-hydrogen) atoms. The van der Waals surface area contributed by atoms with Crippen molar-refractivity contribution in [1.29, 1.82) is 0 Å². The van der Waals surface area contributed by atoms with Crippen molar-refractivity contribution in [2.45, 2.75) is 32.1 Å². The third-order valence-electron chi connectivity index (χ3n) is 3.62. The smallest absolute Gasteiger partial charge is 0.113 e. The molecular weight excluding hydrogens is 202 g/mol. The fourth-order valence-corrected chi connectivity index (χ4v) is 2.26. The lowest BCUT2D eigenvalue weighted by Gasteiger charge is -2.31. The average Bonchev–Trinajstić information content (AvgIpc) is 2.30. The van der Waals surface area contributed by atoms with Crippen LogP contribution in [0.2, 0.25) is 0 Å². The molecule has 2 rings (SSSR count).